The normalized spacial score (nSPS) is 14.7. The van der Waals surface area contributed by atoms with Gasteiger partial charge in [-0.1, -0.05) is 22.0 Å². The number of nitrogens with one attached hydrogen (secondary N) is 2. The molecule has 0 amide bonds. The zero-order chi connectivity index (χ0) is 26.1. The SMILES string of the molecule is C[N+](C)(C)CC(c1c[nH]c2cc(Br)ccc12)c1c2c3c(cc[nH+]c3c3nc(CS(=O)(=O)[O-])oc13)[NH2+]C=C2. The number of aromatic nitrogens is 3. The molecule has 0 bridgehead atoms. The molecule has 0 saturated heterocycles. The van der Waals surface area contributed by atoms with Crippen LogP contribution in [0.25, 0.3) is 39.0 Å². The van der Waals surface area contributed by atoms with Gasteiger partial charge in [-0.15, -0.1) is 0 Å². The summed E-state index contributed by atoms with van der Waals surface area (Å²) in [7, 11) is 1.84. The minimum absolute atomic E-state index is 0.109. The van der Waals surface area contributed by atoms with Crippen LogP contribution < -0.4 is 10.3 Å². The maximum atomic E-state index is 11.6. The second-order valence-corrected chi connectivity index (χ2v) is 12.8. The zero-order valence-electron chi connectivity index (χ0n) is 20.5. The van der Waals surface area contributed by atoms with Crippen molar-refractivity contribution >= 4 is 70.7 Å². The number of aromatic amines is 2. The summed E-state index contributed by atoms with van der Waals surface area (Å²) in [5.74, 6) is -1.04. The number of likely N-dealkylation sites (N-methyl/N-ethyl adjacent to an activating group) is 1. The number of oxazole rings is 1. The number of nitrogens with zero attached hydrogens (tertiary/aromatic N) is 2. The van der Waals surface area contributed by atoms with E-state index in [1.165, 1.54) is 0 Å². The van der Waals surface area contributed by atoms with E-state index in [-0.39, 0.29) is 11.8 Å². The molecule has 2 aromatic carbocycles. The lowest BCUT2D eigenvalue weighted by atomic mass is 9.84. The molecule has 9 nitrogen and oxygen atoms in total. The highest BCUT2D eigenvalue weighted by Crippen LogP contribution is 2.43. The van der Waals surface area contributed by atoms with Gasteiger partial charge in [-0.2, -0.15) is 0 Å². The average molecular weight is 584 g/mol. The maximum Gasteiger partial charge on any atom is 0.247 e. The first-order valence-corrected chi connectivity index (χ1v) is 14.2. The monoisotopic (exact) mass is 583 g/mol. The molecule has 6 rings (SSSR count). The lowest BCUT2D eigenvalue weighted by Crippen LogP contribution is -2.71. The smallest absolute Gasteiger partial charge is 0.247 e. The summed E-state index contributed by atoms with van der Waals surface area (Å²) in [5.41, 5.74) is 6.82. The van der Waals surface area contributed by atoms with Gasteiger partial charge in [0.05, 0.1) is 45.9 Å². The number of fused-ring (bicyclic) bond motifs is 3. The molecular weight excluding hydrogens is 558 g/mol. The lowest BCUT2D eigenvalue weighted by Gasteiger charge is -2.30. The predicted molar refractivity (Wildman–Crippen MR) is 143 cm³/mol. The number of H-pyrrole nitrogens is 2. The second-order valence-electron chi connectivity index (χ2n) is 10.5. The molecule has 0 spiro atoms. The summed E-state index contributed by atoms with van der Waals surface area (Å²) in [4.78, 5) is 11.2. The highest BCUT2D eigenvalue weighted by molar-refractivity contribution is 9.10. The molecule has 0 fully saturated rings. The molecule has 0 saturated carbocycles. The lowest BCUT2D eigenvalue weighted by molar-refractivity contribution is -0.871. The Kier molecular flexibility index (Phi) is 5.55. The van der Waals surface area contributed by atoms with E-state index in [2.05, 4.69) is 70.2 Å². The Hall–Kier alpha value is -3.09. The zero-order valence-corrected chi connectivity index (χ0v) is 22.9. The first kappa shape index (κ1) is 24.3. The first-order valence-electron chi connectivity index (χ1n) is 11.8. The van der Waals surface area contributed by atoms with Crippen LogP contribution in [0.2, 0.25) is 0 Å². The number of rotatable bonds is 6. The van der Waals surface area contributed by atoms with Gasteiger partial charge in [-0.05, 0) is 17.7 Å². The molecule has 1 aliphatic heterocycles. The van der Waals surface area contributed by atoms with E-state index in [0.29, 0.717) is 15.6 Å². The largest absolute Gasteiger partial charge is 0.748 e. The van der Waals surface area contributed by atoms with E-state index in [1.807, 2.05) is 36.0 Å². The van der Waals surface area contributed by atoms with Crippen molar-refractivity contribution in [1.29, 1.82) is 0 Å². The summed E-state index contributed by atoms with van der Waals surface area (Å²) in [6.07, 6.45) is 7.95. The van der Waals surface area contributed by atoms with Gasteiger partial charge in [0.2, 0.25) is 11.4 Å². The Morgan fingerprint density at radius 3 is 2.84 bits per heavy atom. The van der Waals surface area contributed by atoms with E-state index < -0.39 is 15.9 Å². The fraction of sp³-hybridized carbons (Fsp3) is 0.231. The van der Waals surface area contributed by atoms with Gasteiger partial charge in [0.25, 0.3) is 0 Å². The van der Waals surface area contributed by atoms with Crippen LogP contribution in [-0.2, 0) is 15.9 Å². The van der Waals surface area contributed by atoms with Gasteiger partial charge in [0.1, 0.15) is 21.3 Å². The van der Waals surface area contributed by atoms with Crippen LogP contribution >= 0.6 is 15.9 Å². The molecule has 5 aromatic rings. The highest BCUT2D eigenvalue weighted by Gasteiger charge is 2.35. The van der Waals surface area contributed by atoms with E-state index in [1.54, 1.807) is 0 Å². The molecule has 11 heteroatoms. The molecule has 4 heterocycles. The number of quaternary nitrogens is 2. The van der Waals surface area contributed by atoms with Gasteiger partial charge in [0.15, 0.2) is 23.0 Å². The maximum absolute atomic E-state index is 11.6. The molecular formula is C26H26BrN5O4S+2. The van der Waals surface area contributed by atoms with Crippen molar-refractivity contribution in [3.8, 4) is 0 Å². The topological polar surface area (TPSA) is 130 Å². The Labute approximate surface area is 221 Å². The van der Waals surface area contributed by atoms with Crippen LogP contribution in [-0.4, -0.2) is 55.1 Å². The van der Waals surface area contributed by atoms with Crippen molar-refractivity contribution in [1.82, 2.24) is 9.97 Å². The van der Waals surface area contributed by atoms with Crippen molar-refractivity contribution in [2.24, 2.45) is 0 Å². The van der Waals surface area contributed by atoms with Crippen LogP contribution in [0, 0.1) is 0 Å². The van der Waals surface area contributed by atoms with Crippen molar-refractivity contribution < 1.29 is 32.2 Å². The first-order chi connectivity index (χ1) is 17.5. The van der Waals surface area contributed by atoms with Crippen LogP contribution in [0.3, 0.4) is 0 Å². The summed E-state index contributed by atoms with van der Waals surface area (Å²) in [6, 6.07) is 8.17. The van der Waals surface area contributed by atoms with Crippen molar-refractivity contribution in [2.45, 2.75) is 11.7 Å². The van der Waals surface area contributed by atoms with Crippen LogP contribution in [0.15, 0.2) is 51.7 Å². The van der Waals surface area contributed by atoms with Crippen LogP contribution in [0.1, 0.15) is 28.5 Å². The van der Waals surface area contributed by atoms with Gasteiger partial charge >= 0.3 is 0 Å². The van der Waals surface area contributed by atoms with Gasteiger partial charge in [-0.3, -0.25) is 5.32 Å². The molecule has 0 aliphatic carbocycles. The highest BCUT2D eigenvalue weighted by atomic mass is 79.9. The third kappa shape index (κ3) is 4.36. The fourth-order valence-corrected chi connectivity index (χ4v) is 6.17. The fourth-order valence-electron chi connectivity index (χ4n) is 5.39. The van der Waals surface area contributed by atoms with Crippen molar-refractivity contribution in [3.05, 3.63) is 69.9 Å². The Balaban J connectivity index is 1.73. The molecule has 3 aromatic heterocycles. The van der Waals surface area contributed by atoms with Crippen LogP contribution in [0.4, 0.5) is 5.69 Å². The minimum atomic E-state index is -4.58. The minimum Gasteiger partial charge on any atom is -0.748 e. The number of benzene rings is 2. The number of halogens is 1. The molecule has 4 N–H and O–H groups in total. The summed E-state index contributed by atoms with van der Waals surface area (Å²) in [5, 5.41) is 4.13. The van der Waals surface area contributed by atoms with Gasteiger partial charge in [0, 0.05) is 38.8 Å². The van der Waals surface area contributed by atoms with Gasteiger partial charge in [-0.25, -0.2) is 18.4 Å². The summed E-state index contributed by atoms with van der Waals surface area (Å²) < 4.78 is 42.6. The Morgan fingerprint density at radius 1 is 1.27 bits per heavy atom. The third-order valence-corrected chi connectivity index (χ3v) is 7.80. The standard InChI is InChI=1S/C26H24BrN5O4S/c1-32(2,3)12-18(17-11-30-20-10-14(27)4-5-15(17)20)22-16-6-8-28-19-7-9-29-24(23(16)19)25-26(22)36-21(31-25)13-37(33,34)35/h4-11,18,28,30H,12-13H2,1-3H3/p+2. The molecule has 0 radical (unpaired) electrons. The van der Waals surface area contributed by atoms with E-state index in [4.69, 9.17) is 4.42 Å². The number of nitrogens with two attached hydrogens (primary N) is 1. The molecule has 1 unspecified atom stereocenters. The van der Waals surface area contributed by atoms with E-state index in [9.17, 15) is 13.0 Å². The van der Waals surface area contributed by atoms with E-state index in [0.717, 1.165) is 55.2 Å². The molecule has 1 atom stereocenters. The van der Waals surface area contributed by atoms with Crippen molar-refractivity contribution in [2.75, 3.05) is 27.7 Å². The Morgan fingerprint density at radius 2 is 2.08 bits per heavy atom. The second kappa shape index (κ2) is 8.47. The predicted octanol–water partition coefficient (Wildman–Crippen LogP) is 3.10. The molecule has 190 valence electrons. The third-order valence-electron chi connectivity index (χ3n) is 6.71. The van der Waals surface area contributed by atoms with Crippen LogP contribution in [0.5, 0.6) is 0 Å². The molecule has 1 aliphatic rings. The summed E-state index contributed by atoms with van der Waals surface area (Å²) in [6.45, 7) is 0.732. The van der Waals surface area contributed by atoms with E-state index >= 15 is 0 Å². The Bertz CT molecular complexity index is 1850. The number of pyridine rings is 1. The number of hydrogen-bond donors (Lipinski definition) is 2. The quantitative estimate of drug-likeness (QED) is 0.234. The van der Waals surface area contributed by atoms with Gasteiger partial charge < -0.3 is 18.4 Å². The number of hydrogen-bond acceptors (Lipinski definition) is 5. The molecule has 37 heavy (non-hydrogen) atoms. The average Bonchev–Trinajstić information content (AvgIpc) is 3.40. The summed E-state index contributed by atoms with van der Waals surface area (Å²) >= 11 is 3.56. The van der Waals surface area contributed by atoms with Crippen molar-refractivity contribution in [3.63, 3.8) is 0 Å².